The summed E-state index contributed by atoms with van der Waals surface area (Å²) in [5.74, 6) is 0.326. The van der Waals surface area contributed by atoms with E-state index in [0.29, 0.717) is 12.4 Å². The minimum atomic E-state index is -0.278. The summed E-state index contributed by atoms with van der Waals surface area (Å²) in [6, 6.07) is 24.7. The molecule has 0 bridgehead atoms. The van der Waals surface area contributed by atoms with Gasteiger partial charge in [-0.2, -0.15) is 0 Å². The van der Waals surface area contributed by atoms with Crippen molar-refractivity contribution in [2.75, 3.05) is 0 Å². The molecule has 0 radical (unpaired) electrons. The number of hydrogen-bond acceptors (Lipinski definition) is 1. The normalized spacial score (nSPS) is 10.4. The molecular formula is C20H17FO. The minimum Gasteiger partial charge on any atom is -0.489 e. The van der Waals surface area contributed by atoms with Gasteiger partial charge in [-0.05, 0) is 22.8 Å². The third-order valence-electron chi connectivity index (χ3n) is 3.50. The lowest BCUT2D eigenvalue weighted by Crippen LogP contribution is -2.00. The van der Waals surface area contributed by atoms with Crippen molar-refractivity contribution in [3.05, 3.63) is 101 Å². The Morgan fingerprint density at radius 1 is 0.727 bits per heavy atom. The largest absolute Gasteiger partial charge is 0.489 e. The van der Waals surface area contributed by atoms with Crippen LogP contribution in [0, 0.1) is 5.82 Å². The van der Waals surface area contributed by atoms with Gasteiger partial charge in [-0.15, -0.1) is 0 Å². The predicted molar refractivity (Wildman–Crippen MR) is 86.4 cm³/mol. The van der Waals surface area contributed by atoms with Gasteiger partial charge in [-0.25, -0.2) is 4.39 Å². The number of rotatable bonds is 5. The van der Waals surface area contributed by atoms with Crippen molar-refractivity contribution in [1.82, 2.24) is 0 Å². The van der Waals surface area contributed by atoms with E-state index >= 15 is 0 Å². The van der Waals surface area contributed by atoms with Gasteiger partial charge in [0.25, 0.3) is 0 Å². The average molecular weight is 292 g/mol. The van der Waals surface area contributed by atoms with Crippen molar-refractivity contribution in [2.24, 2.45) is 0 Å². The molecule has 0 saturated heterocycles. The maximum absolute atomic E-state index is 13.5. The molecule has 2 heteroatoms. The lowest BCUT2D eigenvalue weighted by Gasteiger charge is -2.12. The van der Waals surface area contributed by atoms with Crippen molar-refractivity contribution >= 4 is 0 Å². The van der Waals surface area contributed by atoms with Gasteiger partial charge in [0.2, 0.25) is 0 Å². The summed E-state index contributed by atoms with van der Waals surface area (Å²) in [4.78, 5) is 0. The predicted octanol–water partition coefficient (Wildman–Crippen LogP) is 5.00. The van der Waals surface area contributed by atoms with Crippen LogP contribution < -0.4 is 4.74 Å². The third kappa shape index (κ3) is 3.73. The van der Waals surface area contributed by atoms with E-state index in [1.807, 2.05) is 48.5 Å². The lowest BCUT2D eigenvalue weighted by atomic mass is 10.0. The smallest absolute Gasteiger partial charge is 0.126 e. The van der Waals surface area contributed by atoms with Crippen LogP contribution in [0.3, 0.4) is 0 Å². The summed E-state index contributed by atoms with van der Waals surface area (Å²) >= 11 is 0. The molecule has 0 aromatic heterocycles. The molecule has 0 saturated carbocycles. The molecule has 0 atom stereocenters. The monoisotopic (exact) mass is 292 g/mol. The zero-order valence-electron chi connectivity index (χ0n) is 12.2. The molecule has 3 aromatic carbocycles. The number of ether oxygens (including phenoxy) is 1. The van der Waals surface area contributed by atoms with Crippen LogP contribution in [0.4, 0.5) is 4.39 Å². The van der Waals surface area contributed by atoms with E-state index < -0.39 is 0 Å². The topological polar surface area (TPSA) is 9.23 Å². The quantitative estimate of drug-likeness (QED) is 0.643. The van der Waals surface area contributed by atoms with Crippen LogP contribution in [0.1, 0.15) is 16.7 Å². The molecule has 0 aliphatic rings. The first-order valence-electron chi connectivity index (χ1n) is 7.30. The van der Waals surface area contributed by atoms with Crippen LogP contribution in [0.25, 0.3) is 0 Å². The fourth-order valence-corrected chi connectivity index (χ4v) is 2.36. The Kier molecular flexibility index (Phi) is 4.50. The molecule has 0 aliphatic heterocycles. The van der Waals surface area contributed by atoms with Gasteiger partial charge in [0, 0.05) is 12.5 Å². The Hall–Kier alpha value is -2.61. The van der Waals surface area contributed by atoms with E-state index in [0.717, 1.165) is 17.5 Å². The summed E-state index contributed by atoms with van der Waals surface area (Å²) in [6.45, 7) is 0.437. The van der Waals surface area contributed by atoms with E-state index in [2.05, 4.69) is 12.1 Å². The Morgan fingerprint density at radius 3 is 2.05 bits per heavy atom. The molecule has 0 unspecified atom stereocenters. The Labute approximate surface area is 130 Å². The van der Waals surface area contributed by atoms with Gasteiger partial charge in [-0.1, -0.05) is 66.7 Å². The molecule has 0 amide bonds. The molecule has 1 nitrogen and oxygen atoms in total. The summed E-state index contributed by atoms with van der Waals surface area (Å²) in [7, 11) is 0. The summed E-state index contributed by atoms with van der Waals surface area (Å²) < 4.78 is 19.4. The van der Waals surface area contributed by atoms with Crippen molar-refractivity contribution in [3.63, 3.8) is 0 Å². The molecule has 0 fully saturated rings. The second kappa shape index (κ2) is 6.90. The van der Waals surface area contributed by atoms with Gasteiger partial charge in [0.15, 0.2) is 0 Å². The first-order chi connectivity index (χ1) is 10.8. The van der Waals surface area contributed by atoms with E-state index in [1.54, 1.807) is 6.07 Å². The van der Waals surface area contributed by atoms with E-state index in [-0.39, 0.29) is 5.82 Å². The molecule has 0 spiro atoms. The Bertz CT molecular complexity index is 723. The first kappa shape index (κ1) is 14.3. The summed E-state index contributed by atoms with van der Waals surface area (Å²) in [6.07, 6.45) is 0.727. The van der Waals surface area contributed by atoms with Crippen molar-refractivity contribution in [3.8, 4) is 5.75 Å². The van der Waals surface area contributed by atoms with Crippen molar-refractivity contribution in [1.29, 1.82) is 0 Å². The molecule has 3 rings (SSSR count). The highest BCUT2D eigenvalue weighted by molar-refractivity contribution is 5.38. The highest BCUT2D eigenvalue weighted by atomic mass is 19.1. The highest BCUT2D eigenvalue weighted by Gasteiger charge is 2.07. The van der Waals surface area contributed by atoms with Crippen molar-refractivity contribution < 1.29 is 9.13 Å². The highest BCUT2D eigenvalue weighted by Crippen LogP contribution is 2.24. The zero-order valence-corrected chi connectivity index (χ0v) is 12.2. The molecule has 3 aromatic rings. The second-order valence-corrected chi connectivity index (χ2v) is 5.19. The van der Waals surface area contributed by atoms with Crippen LogP contribution >= 0.6 is 0 Å². The maximum Gasteiger partial charge on any atom is 0.126 e. The zero-order chi connectivity index (χ0) is 15.2. The van der Waals surface area contributed by atoms with Crippen LogP contribution in [-0.4, -0.2) is 0 Å². The minimum absolute atomic E-state index is 0.278. The van der Waals surface area contributed by atoms with Gasteiger partial charge < -0.3 is 4.74 Å². The van der Waals surface area contributed by atoms with Gasteiger partial charge in [0.05, 0.1) is 0 Å². The molecule has 0 heterocycles. The van der Waals surface area contributed by atoms with Crippen molar-refractivity contribution in [2.45, 2.75) is 13.0 Å². The molecule has 0 aliphatic carbocycles. The average Bonchev–Trinajstić information content (AvgIpc) is 2.57. The van der Waals surface area contributed by atoms with Gasteiger partial charge >= 0.3 is 0 Å². The number of benzene rings is 3. The van der Waals surface area contributed by atoms with Crippen LogP contribution in [-0.2, 0) is 13.0 Å². The van der Waals surface area contributed by atoms with Crippen LogP contribution in [0.5, 0.6) is 5.75 Å². The standard InChI is InChI=1S/C20H17FO/c21-19-12-11-18(13-16-7-3-1-4-8-16)20(14-19)22-15-17-9-5-2-6-10-17/h1-12,14H,13,15H2. The van der Waals surface area contributed by atoms with E-state index in [4.69, 9.17) is 4.74 Å². The van der Waals surface area contributed by atoms with Gasteiger partial charge in [-0.3, -0.25) is 0 Å². The van der Waals surface area contributed by atoms with E-state index in [1.165, 1.54) is 17.7 Å². The molecular weight excluding hydrogens is 275 g/mol. The summed E-state index contributed by atoms with van der Waals surface area (Å²) in [5, 5.41) is 0. The molecule has 0 N–H and O–H groups in total. The third-order valence-corrected chi connectivity index (χ3v) is 3.50. The number of halogens is 1. The molecule has 110 valence electrons. The number of hydrogen-bond donors (Lipinski definition) is 0. The Balaban J connectivity index is 1.79. The fourth-order valence-electron chi connectivity index (χ4n) is 2.36. The van der Waals surface area contributed by atoms with Crippen LogP contribution in [0.2, 0.25) is 0 Å². The Morgan fingerprint density at radius 2 is 1.36 bits per heavy atom. The summed E-state index contributed by atoms with van der Waals surface area (Å²) in [5.41, 5.74) is 3.24. The lowest BCUT2D eigenvalue weighted by molar-refractivity contribution is 0.301. The van der Waals surface area contributed by atoms with Crippen LogP contribution in [0.15, 0.2) is 78.9 Å². The van der Waals surface area contributed by atoms with E-state index in [9.17, 15) is 4.39 Å². The second-order valence-electron chi connectivity index (χ2n) is 5.19. The SMILES string of the molecule is Fc1ccc(Cc2ccccc2)c(OCc2ccccc2)c1. The molecule has 22 heavy (non-hydrogen) atoms. The maximum atomic E-state index is 13.5. The fraction of sp³-hybridized carbons (Fsp3) is 0.100. The van der Waals surface area contributed by atoms with Gasteiger partial charge in [0.1, 0.15) is 18.2 Å². The first-order valence-corrected chi connectivity index (χ1v) is 7.30.